The average Bonchev–Trinajstić information content (AvgIpc) is 1.54. The van der Waals surface area contributed by atoms with Gasteiger partial charge in [0.05, 0.1) is 67.2 Å². The molecule has 0 spiro atoms. The Bertz CT molecular complexity index is 9860. The summed E-state index contributed by atoms with van der Waals surface area (Å²) in [5, 5.41) is 9.30. The zero-order chi connectivity index (χ0) is 95.9. The maximum absolute atomic E-state index is 7.08. The lowest BCUT2D eigenvalue weighted by Gasteiger charge is -2.35. The third kappa shape index (κ3) is 11.3. The molecule has 12 nitrogen and oxygen atoms in total. The standard InChI is InChI=1S/2C45H30N2O2.C43H28N2O2/c1-45(2)33-19-8-6-16-29(33)30-17-10-21-35(40(30)45)46(34-20-9-7-15-28(34)27-13-4-3-5-14-27)36-26-25-32-31-18-11-22-37-41(31)47-42(32)44(36)49-39-24-12-23-38(48-37)43(39)47;1-45(2)34-17-8-6-15-30(34)31-23-22-28(26-35(31)45)46(36-18-9-7-14-29(36)27-12-4-3-5-13-27)37-25-24-33-32-16-10-19-38-41(32)47-42(33)44(37)49-40-21-11-20-39(48-38)43(40)47;1-43(2)33-13-6-5-11-29(33)32-24-28(19-21-34(32)43)44(27-18-17-25-9-3-4-10-26(25)23-27)35-22-20-31-30-12-7-14-36-39(30)45-40(31)42(35)47-38-16-8-15-37(46-36)41(38)45/h2*3-26H,1-2H3;3-24H,1-2H3. The number of fused-ring (bicyclic) bond motifs is 13. The van der Waals surface area contributed by atoms with E-state index in [1.54, 1.807) is 0 Å². The molecule has 0 bridgehead atoms. The Hall–Kier alpha value is -18.5. The number of hydrogen-bond acceptors (Lipinski definition) is 9. The maximum Gasteiger partial charge on any atom is 0.176 e. The summed E-state index contributed by atoms with van der Waals surface area (Å²) in [5.41, 5.74) is 38.8. The van der Waals surface area contributed by atoms with Gasteiger partial charge in [-0.05, 0) is 234 Å². The van der Waals surface area contributed by atoms with Gasteiger partial charge in [0.15, 0.2) is 69.0 Å². The fourth-order valence-electron chi connectivity index (χ4n) is 25.6. The van der Waals surface area contributed by atoms with Gasteiger partial charge in [0.25, 0.3) is 0 Å². The topological polar surface area (TPSA) is 79.9 Å². The summed E-state index contributed by atoms with van der Waals surface area (Å²) >= 11 is 0. The van der Waals surface area contributed by atoms with Gasteiger partial charge in [-0.15, -0.1) is 0 Å². The summed E-state index contributed by atoms with van der Waals surface area (Å²) in [4.78, 5) is 7.22. The minimum absolute atomic E-state index is 0.0673. The van der Waals surface area contributed by atoms with Crippen LogP contribution in [-0.4, -0.2) is 13.7 Å². The minimum atomic E-state index is -0.228. The first-order chi connectivity index (χ1) is 71.2. The second-order valence-electron chi connectivity index (χ2n) is 40.8. The first-order valence-corrected chi connectivity index (χ1v) is 49.9. The van der Waals surface area contributed by atoms with Crippen molar-refractivity contribution in [1.82, 2.24) is 13.7 Å². The van der Waals surface area contributed by atoms with Crippen LogP contribution in [0.1, 0.15) is 74.9 Å². The normalized spacial score (nSPS) is 14.1. The molecule has 0 atom stereocenters. The highest BCUT2D eigenvalue weighted by Crippen LogP contribution is 2.66. The molecular weight excluding hydrogens is 1780 g/mol. The second kappa shape index (κ2) is 29.8. The number of hydrogen-bond donors (Lipinski definition) is 0. The maximum atomic E-state index is 7.08. The summed E-state index contributed by atoms with van der Waals surface area (Å²) in [7, 11) is 0. The highest BCUT2D eigenvalue weighted by atomic mass is 16.5. The van der Waals surface area contributed by atoms with Crippen molar-refractivity contribution in [3.05, 3.63) is 458 Å². The van der Waals surface area contributed by atoms with Crippen LogP contribution in [0.4, 0.5) is 51.2 Å². The molecule has 12 heteroatoms. The molecule has 9 heterocycles. The molecular formula is C133H88N6O6. The van der Waals surface area contributed by atoms with Crippen molar-refractivity contribution in [2.75, 3.05) is 14.7 Å². The van der Waals surface area contributed by atoms with Gasteiger partial charge in [-0.1, -0.05) is 321 Å². The monoisotopic (exact) mass is 1860 g/mol. The van der Waals surface area contributed by atoms with E-state index >= 15 is 0 Å². The Labute approximate surface area is 836 Å². The van der Waals surface area contributed by atoms with Gasteiger partial charge in [0.1, 0.15) is 17.1 Å². The summed E-state index contributed by atoms with van der Waals surface area (Å²) < 4.78 is 47.5. The fraction of sp³-hybridized carbons (Fsp3) is 0.0677. The first kappa shape index (κ1) is 81.3. The summed E-state index contributed by atoms with van der Waals surface area (Å²) in [6.07, 6.45) is 0. The van der Waals surface area contributed by atoms with Crippen LogP contribution in [0.5, 0.6) is 69.0 Å². The predicted molar refractivity (Wildman–Crippen MR) is 588 cm³/mol. The summed E-state index contributed by atoms with van der Waals surface area (Å²) in [5.74, 6) is 9.86. The number of para-hydroxylation sites is 8. The summed E-state index contributed by atoms with van der Waals surface area (Å²) in [6, 6.07) is 152. The molecule has 0 amide bonds. The molecule has 0 N–H and O–H groups in total. The van der Waals surface area contributed by atoms with Crippen molar-refractivity contribution in [2.45, 2.75) is 57.8 Å². The van der Waals surface area contributed by atoms with Crippen LogP contribution in [0.15, 0.2) is 425 Å². The Morgan fingerprint density at radius 2 is 0.517 bits per heavy atom. The molecule has 24 aromatic rings. The number of ether oxygens (including phenoxy) is 6. The molecule has 6 aliphatic heterocycles. The molecule has 0 fully saturated rings. The zero-order valence-corrected chi connectivity index (χ0v) is 80.0. The van der Waals surface area contributed by atoms with Crippen molar-refractivity contribution in [3.63, 3.8) is 0 Å². The molecule has 686 valence electrons. The van der Waals surface area contributed by atoms with Crippen LogP contribution in [0, 0.1) is 0 Å². The molecule has 0 unspecified atom stereocenters. The molecule has 3 aromatic heterocycles. The molecule has 0 saturated carbocycles. The molecule has 3 aliphatic carbocycles. The highest BCUT2D eigenvalue weighted by molar-refractivity contribution is 6.21. The van der Waals surface area contributed by atoms with Crippen molar-refractivity contribution >= 4 is 127 Å². The third-order valence-electron chi connectivity index (χ3n) is 32.0. The predicted octanol–water partition coefficient (Wildman–Crippen LogP) is 36.8. The van der Waals surface area contributed by atoms with E-state index in [9.17, 15) is 0 Å². The van der Waals surface area contributed by atoms with Crippen molar-refractivity contribution in [1.29, 1.82) is 0 Å². The number of benzene rings is 21. The van der Waals surface area contributed by atoms with E-state index in [0.29, 0.717) is 0 Å². The lowest BCUT2D eigenvalue weighted by molar-refractivity contribution is 0.444. The van der Waals surface area contributed by atoms with Crippen molar-refractivity contribution in [3.8, 4) is 142 Å². The van der Waals surface area contributed by atoms with E-state index in [-0.39, 0.29) is 16.2 Å². The van der Waals surface area contributed by atoms with Crippen LogP contribution in [0.3, 0.4) is 0 Å². The van der Waals surface area contributed by atoms with E-state index < -0.39 is 0 Å². The smallest absolute Gasteiger partial charge is 0.176 e. The minimum Gasteiger partial charge on any atom is -0.453 e. The van der Waals surface area contributed by atoms with Gasteiger partial charge in [0.2, 0.25) is 0 Å². The molecule has 9 aliphatic rings. The Morgan fingerprint density at radius 3 is 1.03 bits per heavy atom. The lowest BCUT2D eigenvalue weighted by Crippen LogP contribution is -2.21. The van der Waals surface area contributed by atoms with Crippen LogP contribution in [0.25, 0.3) is 149 Å². The molecule has 21 aromatic carbocycles. The number of rotatable bonds is 11. The Balaban J connectivity index is 0.0000000990. The van der Waals surface area contributed by atoms with Gasteiger partial charge in [0, 0.05) is 76.8 Å². The zero-order valence-electron chi connectivity index (χ0n) is 80.0. The van der Waals surface area contributed by atoms with Crippen LogP contribution in [-0.2, 0) is 16.2 Å². The van der Waals surface area contributed by atoms with Crippen LogP contribution in [0.2, 0.25) is 0 Å². The van der Waals surface area contributed by atoms with Crippen molar-refractivity contribution < 1.29 is 28.4 Å². The first-order valence-electron chi connectivity index (χ1n) is 49.9. The van der Waals surface area contributed by atoms with Crippen molar-refractivity contribution in [2.24, 2.45) is 0 Å². The van der Waals surface area contributed by atoms with Crippen LogP contribution >= 0.6 is 0 Å². The molecule has 33 rings (SSSR count). The largest absolute Gasteiger partial charge is 0.453 e. The van der Waals surface area contributed by atoms with Gasteiger partial charge >= 0.3 is 0 Å². The third-order valence-corrected chi connectivity index (χ3v) is 32.0. The van der Waals surface area contributed by atoms with E-state index in [1.807, 2.05) is 48.5 Å². The fourth-order valence-corrected chi connectivity index (χ4v) is 25.6. The van der Waals surface area contributed by atoms with Gasteiger partial charge in [-0.25, -0.2) is 0 Å². The second-order valence-corrected chi connectivity index (χ2v) is 40.8. The van der Waals surface area contributed by atoms with E-state index in [0.717, 1.165) is 225 Å². The van der Waals surface area contributed by atoms with E-state index in [4.69, 9.17) is 28.4 Å². The lowest BCUT2D eigenvalue weighted by atomic mass is 9.81. The average molecular weight is 1870 g/mol. The van der Waals surface area contributed by atoms with Gasteiger partial charge in [-0.2, -0.15) is 0 Å². The Morgan fingerprint density at radius 1 is 0.186 bits per heavy atom. The molecule has 145 heavy (non-hydrogen) atoms. The Kier molecular flexibility index (Phi) is 16.7. The SMILES string of the molecule is CC1(C)c2ccccc2-c2cc(N(c3ccc4ccccc4c3)c3ccc4c5cccc6c5n5c4c3Oc3cccc(c3-5)O6)ccc21.CC1(C)c2ccccc2-c2ccc(N(c3ccccc3-c3ccccc3)c3ccc4c5cccc6c5n5c4c3Oc3cccc(c3-5)O6)cc21.CC1(C)c2ccccc2-c2cccc(N(c3ccccc3-c3ccccc3)c3ccc4c5cccc6c5n5c4c3Oc3cccc(c3-5)O6)c21. The molecule has 0 radical (unpaired) electrons. The number of nitrogens with zero attached hydrogens (tertiary/aromatic N) is 6. The van der Waals surface area contributed by atoms with Crippen LogP contribution < -0.4 is 43.1 Å². The quantitative estimate of drug-likeness (QED) is 0.126. The van der Waals surface area contributed by atoms with E-state index in [1.165, 1.54) is 77.5 Å². The molecule has 0 saturated heterocycles. The van der Waals surface area contributed by atoms with E-state index in [2.05, 4.69) is 446 Å². The number of aromatic nitrogens is 3. The summed E-state index contributed by atoms with van der Waals surface area (Å²) in [6.45, 7) is 14.1. The van der Waals surface area contributed by atoms with Gasteiger partial charge < -0.3 is 43.1 Å². The number of anilines is 9. The van der Waals surface area contributed by atoms with Gasteiger partial charge in [-0.3, -0.25) is 13.7 Å². The highest BCUT2D eigenvalue weighted by Gasteiger charge is 2.45.